The summed E-state index contributed by atoms with van der Waals surface area (Å²) in [4.78, 5) is 23.5. The highest BCUT2D eigenvalue weighted by atomic mass is 16.5. The Hall–Kier alpha value is -3.08. The van der Waals surface area contributed by atoms with E-state index in [-0.39, 0.29) is 35.4 Å². The van der Waals surface area contributed by atoms with E-state index in [4.69, 9.17) is 9.47 Å². The molecule has 0 heterocycles. The Morgan fingerprint density at radius 2 is 1.76 bits per heavy atom. The van der Waals surface area contributed by atoms with Gasteiger partial charge in [-0.15, -0.1) is 0 Å². The van der Waals surface area contributed by atoms with Gasteiger partial charge >= 0.3 is 11.9 Å². The summed E-state index contributed by atoms with van der Waals surface area (Å²) < 4.78 is 9.92. The first-order valence-electron chi connectivity index (χ1n) is 11.7. The van der Waals surface area contributed by atoms with Crippen LogP contribution in [0.5, 0.6) is 5.75 Å². The maximum atomic E-state index is 12.0. The van der Waals surface area contributed by atoms with Crippen molar-refractivity contribution in [3.63, 3.8) is 0 Å². The van der Waals surface area contributed by atoms with Crippen molar-refractivity contribution in [3.05, 3.63) is 71.3 Å². The molecule has 5 heteroatoms. The van der Waals surface area contributed by atoms with Crippen LogP contribution in [0.3, 0.4) is 0 Å². The first-order chi connectivity index (χ1) is 15.9. The van der Waals surface area contributed by atoms with Crippen molar-refractivity contribution in [1.82, 2.24) is 0 Å². The van der Waals surface area contributed by atoms with E-state index in [0.29, 0.717) is 13.0 Å². The third-order valence-corrected chi connectivity index (χ3v) is 6.41. The molecule has 3 rings (SSSR count). The number of phenolic OH excluding ortho intramolecular Hbond substituents is 1. The molecule has 2 aromatic carbocycles. The molecule has 5 nitrogen and oxygen atoms in total. The monoisotopic (exact) mass is 450 g/mol. The lowest BCUT2D eigenvalue weighted by Crippen LogP contribution is -2.14. The Bertz CT molecular complexity index is 957. The number of hydrogen-bond donors (Lipinski definition) is 1. The first-order valence-corrected chi connectivity index (χ1v) is 11.7. The molecule has 0 aromatic heterocycles. The van der Waals surface area contributed by atoms with Crippen molar-refractivity contribution in [1.29, 1.82) is 0 Å². The molecule has 0 spiro atoms. The van der Waals surface area contributed by atoms with Gasteiger partial charge in [0.15, 0.2) is 0 Å². The molecule has 0 amide bonds. The van der Waals surface area contributed by atoms with Crippen LogP contribution in [0.2, 0.25) is 0 Å². The number of aromatic hydroxyl groups is 1. The van der Waals surface area contributed by atoms with Crippen molar-refractivity contribution in [3.8, 4) is 5.75 Å². The van der Waals surface area contributed by atoms with Crippen LogP contribution in [-0.4, -0.2) is 30.8 Å². The Balaban J connectivity index is 1.68. The second kappa shape index (κ2) is 11.7. The van der Waals surface area contributed by atoms with E-state index in [9.17, 15) is 14.7 Å². The van der Waals surface area contributed by atoms with E-state index in [1.165, 1.54) is 12.7 Å². The molecule has 1 saturated carbocycles. The van der Waals surface area contributed by atoms with Gasteiger partial charge < -0.3 is 14.6 Å². The zero-order valence-corrected chi connectivity index (χ0v) is 19.6. The molecule has 1 fully saturated rings. The van der Waals surface area contributed by atoms with E-state index < -0.39 is 0 Å². The van der Waals surface area contributed by atoms with Gasteiger partial charge in [-0.1, -0.05) is 54.6 Å². The SMILES string of the molecule is CCOC(=O)CC1(CCC(/C=C/c2ccccc2O)Cc2ccc(CC(=O)OC)cc2)CC1. The maximum absolute atomic E-state index is 12.0. The number of rotatable bonds is 12. The van der Waals surface area contributed by atoms with Gasteiger partial charge in [0.2, 0.25) is 0 Å². The van der Waals surface area contributed by atoms with Gasteiger partial charge in [-0.2, -0.15) is 0 Å². The number of ether oxygens (including phenoxy) is 2. The zero-order valence-electron chi connectivity index (χ0n) is 19.6. The summed E-state index contributed by atoms with van der Waals surface area (Å²) in [5, 5.41) is 10.1. The predicted octanol–water partition coefficient (Wildman–Crippen LogP) is 5.49. The van der Waals surface area contributed by atoms with E-state index in [1.807, 2.05) is 43.3 Å². The molecule has 2 aromatic rings. The highest BCUT2D eigenvalue weighted by molar-refractivity contribution is 5.72. The Morgan fingerprint density at radius 1 is 1.06 bits per heavy atom. The number of para-hydroxylation sites is 1. The molecular formula is C28H34O5. The minimum Gasteiger partial charge on any atom is -0.507 e. The number of hydrogen-bond acceptors (Lipinski definition) is 5. The molecule has 0 radical (unpaired) electrons. The maximum Gasteiger partial charge on any atom is 0.309 e. The summed E-state index contributed by atoms with van der Waals surface area (Å²) >= 11 is 0. The number of phenols is 1. The summed E-state index contributed by atoms with van der Waals surface area (Å²) in [5.41, 5.74) is 2.99. The van der Waals surface area contributed by atoms with Crippen molar-refractivity contribution in [2.45, 2.75) is 51.9 Å². The highest BCUT2D eigenvalue weighted by Crippen LogP contribution is 2.53. The number of carbonyl (C=O) groups is 2. The molecule has 1 aliphatic rings. The Kier molecular flexibility index (Phi) is 8.70. The van der Waals surface area contributed by atoms with E-state index >= 15 is 0 Å². The number of allylic oxidation sites excluding steroid dienone is 1. The largest absolute Gasteiger partial charge is 0.507 e. The molecule has 1 unspecified atom stereocenters. The molecule has 0 aliphatic heterocycles. The molecule has 1 atom stereocenters. The van der Waals surface area contributed by atoms with Crippen LogP contribution in [0, 0.1) is 11.3 Å². The number of benzene rings is 2. The van der Waals surface area contributed by atoms with Crippen LogP contribution in [-0.2, 0) is 31.9 Å². The van der Waals surface area contributed by atoms with E-state index in [1.54, 1.807) is 6.07 Å². The lowest BCUT2D eigenvalue weighted by molar-refractivity contribution is -0.144. The van der Waals surface area contributed by atoms with Crippen LogP contribution in [0.4, 0.5) is 0 Å². The van der Waals surface area contributed by atoms with E-state index in [0.717, 1.165) is 43.2 Å². The van der Waals surface area contributed by atoms with E-state index in [2.05, 4.69) is 18.2 Å². The minimum atomic E-state index is -0.248. The number of methoxy groups -OCH3 is 1. The Labute approximate surface area is 196 Å². The summed E-state index contributed by atoms with van der Waals surface area (Å²) in [6, 6.07) is 15.4. The van der Waals surface area contributed by atoms with Gasteiger partial charge in [-0.05, 0) is 67.6 Å². The third-order valence-electron chi connectivity index (χ3n) is 6.41. The minimum absolute atomic E-state index is 0.0810. The predicted molar refractivity (Wildman–Crippen MR) is 129 cm³/mol. The highest BCUT2D eigenvalue weighted by Gasteiger charge is 2.44. The lowest BCUT2D eigenvalue weighted by Gasteiger charge is -2.19. The van der Waals surface area contributed by atoms with Gasteiger partial charge in [0.05, 0.1) is 26.6 Å². The van der Waals surface area contributed by atoms with Crippen molar-refractivity contribution in [2.24, 2.45) is 11.3 Å². The molecule has 176 valence electrons. The molecule has 33 heavy (non-hydrogen) atoms. The lowest BCUT2D eigenvalue weighted by atomic mass is 9.87. The second-order valence-corrected chi connectivity index (χ2v) is 8.97. The molecule has 1 N–H and O–H groups in total. The standard InChI is InChI=1S/C28H34O5/c1-3-33-27(31)20-28(16-17-28)15-14-23(12-13-24-6-4-5-7-25(24)29)18-21-8-10-22(11-9-21)19-26(30)32-2/h4-13,23,29H,3,14-20H2,1-2H3/b13-12+. The second-order valence-electron chi connectivity index (χ2n) is 8.97. The molecule has 0 bridgehead atoms. The summed E-state index contributed by atoms with van der Waals surface area (Å²) in [6.07, 6.45) is 9.83. The van der Waals surface area contributed by atoms with Crippen LogP contribution in [0.1, 0.15) is 55.7 Å². The van der Waals surface area contributed by atoms with Gasteiger partial charge in [-0.3, -0.25) is 9.59 Å². The average molecular weight is 451 g/mol. The topological polar surface area (TPSA) is 72.8 Å². The van der Waals surface area contributed by atoms with Gasteiger partial charge in [0, 0.05) is 5.56 Å². The smallest absolute Gasteiger partial charge is 0.309 e. The molecule has 0 saturated heterocycles. The normalized spacial score (nSPS) is 15.2. The summed E-state index contributed by atoms with van der Waals surface area (Å²) in [5.74, 6) is 0.177. The molecular weight excluding hydrogens is 416 g/mol. The Morgan fingerprint density at radius 3 is 2.39 bits per heavy atom. The first kappa shape index (κ1) is 24.6. The molecule has 1 aliphatic carbocycles. The number of esters is 2. The van der Waals surface area contributed by atoms with Crippen LogP contribution in [0.15, 0.2) is 54.6 Å². The van der Waals surface area contributed by atoms with Gasteiger partial charge in [0.25, 0.3) is 0 Å². The van der Waals surface area contributed by atoms with Crippen molar-refractivity contribution >= 4 is 18.0 Å². The van der Waals surface area contributed by atoms with Crippen molar-refractivity contribution < 1.29 is 24.2 Å². The fourth-order valence-electron chi connectivity index (χ4n) is 4.17. The fourth-order valence-corrected chi connectivity index (χ4v) is 4.17. The van der Waals surface area contributed by atoms with Crippen LogP contribution < -0.4 is 0 Å². The quantitative estimate of drug-likeness (QED) is 0.433. The fraction of sp³-hybridized carbons (Fsp3) is 0.429. The van der Waals surface area contributed by atoms with Crippen molar-refractivity contribution in [2.75, 3.05) is 13.7 Å². The third kappa shape index (κ3) is 7.77. The summed E-state index contributed by atoms with van der Waals surface area (Å²) in [6.45, 7) is 2.26. The van der Waals surface area contributed by atoms with Crippen LogP contribution >= 0.6 is 0 Å². The zero-order chi connectivity index (χ0) is 23.7. The van der Waals surface area contributed by atoms with Crippen LogP contribution in [0.25, 0.3) is 6.08 Å². The summed E-state index contributed by atoms with van der Waals surface area (Å²) in [7, 11) is 1.40. The van der Waals surface area contributed by atoms with Gasteiger partial charge in [0.1, 0.15) is 5.75 Å². The number of carbonyl (C=O) groups excluding carboxylic acids is 2. The van der Waals surface area contributed by atoms with Gasteiger partial charge in [-0.25, -0.2) is 0 Å². The average Bonchev–Trinajstić information content (AvgIpc) is 3.57.